The number of hydrogen-bond donors (Lipinski definition) is 0. The number of carbonyl (C=O) groups is 1. The van der Waals surface area contributed by atoms with Crippen LogP contribution in [0.25, 0.3) is 37.8 Å². The number of aromatic nitrogens is 3. The number of pyridine rings is 1. The van der Waals surface area contributed by atoms with E-state index >= 15 is 4.39 Å². The van der Waals surface area contributed by atoms with Gasteiger partial charge < -0.3 is 24.3 Å². The number of carbonyl (C=O) groups excluding carboxylic acids is 1. The number of likely N-dealkylation sites (N-methyl/N-ethyl adjacent to an activating group) is 1. The number of likely N-dealkylation sites (tertiary alicyclic amines) is 1. The highest BCUT2D eigenvalue weighted by Gasteiger charge is 2.35. The van der Waals surface area contributed by atoms with Crippen LogP contribution in [0.3, 0.4) is 0 Å². The third-order valence-corrected chi connectivity index (χ3v) is 8.79. The molecule has 4 aromatic rings. The second-order valence-electron chi connectivity index (χ2n) is 11.5. The molecule has 2 aliphatic heterocycles. The molecule has 6 rings (SSSR count). The Labute approximate surface area is 258 Å². The molecule has 1 amide bonds. The lowest BCUT2D eigenvalue weighted by atomic mass is 9.97. The summed E-state index contributed by atoms with van der Waals surface area (Å²) in [6.45, 7) is 13.8. The van der Waals surface area contributed by atoms with Gasteiger partial charge in [-0.05, 0) is 55.8 Å². The molecule has 45 heavy (non-hydrogen) atoms. The number of benzene rings is 2. The Kier molecular flexibility index (Phi) is 8.29. The molecule has 2 atom stereocenters. The third-order valence-electron chi connectivity index (χ3n) is 8.79. The first kappa shape index (κ1) is 30.3. The number of anilines is 1. The number of amides is 1. The Morgan fingerprint density at radius 2 is 1.98 bits per heavy atom. The summed E-state index contributed by atoms with van der Waals surface area (Å²) >= 11 is 0. The normalized spacial score (nSPS) is 18.8. The van der Waals surface area contributed by atoms with Gasteiger partial charge in [-0.25, -0.2) is 19.7 Å². The van der Waals surface area contributed by atoms with E-state index in [0.29, 0.717) is 34.3 Å². The van der Waals surface area contributed by atoms with Crippen LogP contribution in [0.1, 0.15) is 18.4 Å². The van der Waals surface area contributed by atoms with E-state index in [0.717, 1.165) is 24.8 Å². The lowest BCUT2D eigenvalue weighted by molar-refractivity contribution is -0.131. The number of fused-ring (bicyclic) bond motifs is 2. The maximum Gasteiger partial charge on any atom is 0.319 e. The quantitative estimate of drug-likeness (QED) is 0.206. The number of nitrogens with zero attached hydrogens (tertiary/aromatic N) is 7. The molecule has 0 radical (unpaired) electrons. The average molecular weight is 616 g/mol. The fourth-order valence-electron chi connectivity index (χ4n) is 6.34. The molecule has 0 bridgehead atoms. The highest BCUT2D eigenvalue weighted by molar-refractivity contribution is 6.00. The first-order chi connectivity index (χ1) is 21.7. The van der Waals surface area contributed by atoms with Crippen molar-refractivity contribution in [3.63, 3.8) is 0 Å². The number of ether oxygens (including phenoxy) is 1. The predicted octanol–water partition coefficient (Wildman–Crippen LogP) is 5.32. The molecule has 4 heterocycles. The molecular weight excluding hydrogens is 583 g/mol. The summed E-state index contributed by atoms with van der Waals surface area (Å²) in [5, 5.41) is 1.60. The largest absolute Gasteiger partial charge is 0.462 e. The van der Waals surface area contributed by atoms with E-state index < -0.39 is 29.4 Å². The van der Waals surface area contributed by atoms with Crippen molar-refractivity contribution >= 4 is 33.4 Å². The van der Waals surface area contributed by atoms with Crippen LogP contribution in [0.5, 0.6) is 6.01 Å². The Bertz CT molecular complexity index is 1860. The molecule has 0 unspecified atom stereocenters. The molecule has 0 saturated carbocycles. The Hall–Kier alpha value is -4.76. The standard InChI is InChI=1S/C33H32F3N7O2/c1-19-26(35)11-10-21-7-5-9-24(27(19)21)29-28(36)30-25(16-38-29)31(40-33(39-30)45-18-22-8-6-12-41(22)4)42-13-14-43(32(44)20(2)34)23(17-42)15-37-3/h5,7,9-11,16,22-23H,2,6,8,12-15,17-18H2,1,4H3/t22-,23-/m0/s1. The molecular formula is C33H32F3N7O2. The summed E-state index contributed by atoms with van der Waals surface area (Å²) in [6.07, 6.45) is 3.47. The van der Waals surface area contributed by atoms with E-state index in [2.05, 4.69) is 31.3 Å². The van der Waals surface area contributed by atoms with Crippen LogP contribution >= 0.6 is 0 Å². The molecule has 0 spiro atoms. The second kappa shape index (κ2) is 12.3. The van der Waals surface area contributed by atoms with Crippen molar-refractivity contribution in [2.75, 3.05) is 51.3 Å². The molecule has 2 fully saturated rings. The van der Waals surface area contributed by atoms with Gasteiger partial charge in [0, 0.05) is 37.4 Å². The Balaban J connectivity index is 1.46. The summed E-state index contributed by atoms with van der Waals surface area (Å²) in [6, 6.07) is 7.82. The monoisotopic (exact) mass is 615 g/mol. The van der Waals surface area contributed by atoms with Crippen molar-refractivity contribution in [3.05, 3.63) is 77.5 Å². The van der Waals surface area contributed by atoms with Gasteiger partial charge in [-0.1, -0.05) is 30.8 Å². The van der Waals surface area contributed by atoms with Crippen molar-refractivity contribution in [2.45, 2.75) is 31.8 Å². The maximum atomic E-state index is 16.6. The van der Waals surface area contributed by atoms with Crippen molar-refractivity contribution in [1.82, 2.24) is 24.8 Å². The fraction of sp³-hybridized carbons (Fsp3) is 0.364. The lowest BCUT2D eigenvalue weighted by Crippen LogP contribution is -2.56. The van der Waals surface area contributed by atoms with Gasteiger partial charge in [0.25, 0.3) is 5.91 Å². The Morgan fingerprint density at radius 3 is 2.71 bits per heavy atom. The smallest absolute Gasteiger partial charge is 0.319 e. The zero-order chi connectivity index (χ0) is 31.8. The Morgan fingerprint density at radius 1 is 1.16 bits per heavy atom. The van der Waals surface area contributed by atoms with Crippen molar-refractivity contribution in [3.8, 4) is 17.3 Å². The van der Waals surface area contributed by atoms with Crippen LogP contribution in [0.15, 0.2) is 48.9 Å². The molecule has 2 aromatic carbocycles. The van der Waals surface area contributed by atoms with Crippen molar-refractivity contribution in [1.29, 1.82) is 0 Å². The van der Waals surface area contributed by atoms with Crippen LogP contribution < -0.4 is 9.64 Å². The van der Waals surface area contributed by atoms with E-state index in [9.17, 15) is 13.6 Å². The van der Waals surface area contributed by atoms with Gasteiger partial charge in [-0.15, -0.1) is 0 Å². The number of piperazine rings is 1. The van der Waals surface area contributed by atoms with Gasteiger partial charge in [-0.2, -0.15) is 9.97 Å². The van der Waals surface area contributed by atoms with Crippen LogP contribution in [-0.4, -0.2) is 89.1 Å². The summed E-state index contributed by atoms with van der Waals surface area (Å²) < 4.78 is 51.1. The molecule has 0 N–H and O–H groups in total. The SMILES string of the molecule is [C-]#[N+]C[C@H]1CN(c2nc(OC[C@@H]3CCCN3C)nc3c(F)c(-c4cccc5ccc(F)c(C)c45)ncc23)CCN1C(=O)C(=C)F. The van der Waals surface area contributed by atoms with Gasteiger partial charge in [-0.3, -0.25) is 9.78 Å². The first-order valence-electron chi connectivity index (χ1n) is 14.8. The zero-order valence-electron chi connectivity index (χ0n) is 25.1. The maximum absolute atomic E-state index is 16.6. The third kappa shape index (κ3) is 5.64. The summed E-state index contributed by atoms with van der Waals surface area (Å²) in [5.74, 6) is -2.75. The summed E-state index contributed by atoms with van der Waals surface area (Å²) in [5.41, 5.74) is 0.792. The summed E-state index contributed by atoms with van der Waals surface area (Å²) in [7, 11) is 2.02. The molecule has 9 nitrogen and oxygen atoms in total. The molecule has 12 heteroatoms. The minimum atomic E-state index is -1.10. The van der Waals surface area contributed by atoms with Gasteiger partial charge in [0.15, 0.2) is 11.6 Å². The number of halogens is 3. The van der Waals surface area contributed by atoms with Crippen LogP contribution in [0.4, 0.5) is 19.0 Å². The van der Waals surface area contributed by atoms with Gasteiger partial charge >= 0.3 is 6.01 Å². The minimum absolute atomic E-state index is 0.00989. The van der Waals surface area contributed by atoms with Crippen molar-refractivity contribution < 1.29 is 22.7 Å². The van der Waals surface area contributed by atoms with E-state index in [1.807, 2.05) is 18.0 Å². The van der Waals surface area contributed by atoms with E-state index in [1.54, 1.807) is 25.1 Å². The van der Waals surface area contributed by atoms with Gasteiger partial charge in [0.1, 0.15) is 35.5 Å². The average Bonchev–Trinajstić information content (AvgIpc) is 3.45. The van der Waals surface area contributed by atoms with Crippen LogP contribution in [0, 0.1) is 25.1 Å². The summed E-state index contributed by atoms with van der Waals surface area (Å²) in [4.78, 5) is 34.9. The van der Waals surface area contributed by atoms with Crippen LogP contribution in [-0.2, 0) is 4.79 Å². The van der Waals surface area contributed by atoms with E-state index in [4.69, 9.17) is 11.3 Å². The highest BCUT2D eigenvalue weighted by atomic mass is 19.1. The van der Waals surface area contributed by atoms with Crippen molar-refractivity contribution in [2.24, 2.45) is 0 Å². The number of hydrogen-bond acceptors (Lipinski definition) is 7. The van der Waals surface area contributed by atoms with Gasteiger partial charge in [0.2, 0.25) is 6.54 Å². The molecule has 2 saturated heterocycles. The minimum Gasteiger partial charge on any atom is -0.462 e. The second-order valence-corrected chi connectivity index (χ2v) is 11.5. The molecule has 2 aromatic heterocycles. The van der Waals surface area contributed by atoms with E-state index in [1.165, 1.54) is 17.2 Å². The molecule has 232 valence electrons. The zero-order valence-corrected chi connectivity index (χ0v) is 25.1. The molecule has 2 aliphatic rings. The number of aryl methyl sites for hydroxylation is 1. The number of rotatable bonds is 7. The van der Waals surface area contributed by atoms with Crippen LogP contribution in [0.2, 0.25) is 0 Å². The first-order valence-corrected chi connectivity index (χ1v) is 14.8. The van der Waals surface area contributed by atoms with E-state index in [-0.39, 0.29) is 49.4 Å². The lowest BCUT2D eigenvalue weighted by Gasteiger charge is -2.39. The highest BCUT2D eigenvalue weighted by Crippen LogP contribution is 2.37. The van der Waals surface area contributed by atoms with Gasteiger partial charge in [0.05, 0.1) is 5.39 Å². The molecule has 0 aliphatic carbocycles. The predicted molar refractivity (Wildman–Crippen MR) is 166 cm³/mol. The topological polar surface area (TPSA) is 79.1 Å². The fourth-order valence-corrected chi connectivity index (χ4v) is 6.34.